The monoisotopic (exact) mass is 643 g/mol. The lowest BCUT2D eigenvalue weighted by molar-refractivity contribution is -0.173. The highest BCUT2D eigenvalue weighted by molar-refractivity contribution is 8.13. The number of aromatic hydroxyl groups is 1. The maximum Gasteiger partial charge on any atom is 0.216 e. The van der Waals surface area contributed by atoms with E-state index >= 15 is 0 Å². The van der Waals surface area contributed by atoms with E-state index in [1.165, 1.54) is 18.4 Å². The zero-order chi connectivity index (χ0) is 27.5. The Hall–Kier alpha value is -2.78. The summed E-state index contributed by atoms with van der Waals surface area (Å²) >= 11 is 1.61. The number of H-pyrrole nitrogens is 1. The summed E-state index contributed by atoms with van der Waals surface area (Å²) in [6.45, 7) is 2.01. The molecule has 0 radical (unpaired) electrons. The Morgan fingerprint density at radius 2 is 1.95 bits per heavy atom. The van der Waals surface area contributed by atoms with E-state index in [4.69, 9.17) is 10.1 Å². The highest BCUT2D eigenvalue weighted by atomic mass is 79.9. The van der Waals surface area contributed by atoms with Gasteiger partial charge < -0.3 is 36.9 Å². The fraction of sp³-hybridized carbons (Fsp3) is 0.382. The van der Waals surface area contributed by atoms with Gasteiger partial charge in [-0.05, 0) is 96.9 Å². The topological polar surface area (TPSA) is 94.3 Å². The predicted octanol–water partition coefficient (Wildman–Crippen LogP) is 1.07. The molecule has 1 aromatic heterocycles. The summed E-state index contributed by atoms with van der Waals surface area (Å²) in [6.07, 6.45) is 5.09. The summed E-state index contributed by atoms with van der Waals surface area (Å²) < 4.78 is 6.73. The standard InChI is InChI=1S/C34H33N3O3S.BrH/c35-28(41-22-4-2-1-3-5-22)15-20-8-10-25-23(14-20)24-17-34(39)27-16-21-9-11-26(38)31-29(21)33(34,32(40-31)30(24)36-25)12-13-37(27)18-19-6-7-19;/h1-5,8-11,14,19,27,32,35-36,38-39H,6-7,12-13,15-18H2;1H/t27-,32-,33-,34+;/m0./s1. The number of rotatable bonds is 5. The molecule has 6 nitrogen and oxygen atoms in total. The van der Waals surface area contributed by atoms with Crippen molar-refractivity contribution in [2.75, 3.05) is 13.1 Å². The van der Waals surface area contributed by atoms with Crippen molar-refractivity contribution in [2.45, 2.75) is 66.6 Å². The molecule has 3 aromatic carbocycles. The summed E-state index contributed by atoms with van der Waals surface area (Å²) in [5, 5.41) is 32.5. The van der Waals surface area contributed by atoms with Crippen molar-refractivity contribution in [2.24, 2.45) is 5.92 Å². The minimum absolute atomic E-state index is 0. The number of fused-ring (bicyclic) bond motifs is 4. The Balaban J connectivity index is 0.00000267. The number of nitrogens with two attached hydrogens (primary N) is 1. The van der Waals surface area contributed by atoms with Crippen LogP contribution in [0.5, 0.6) is 11.5 Å². The molecule has 0 amide bonds. The number of halogens is 1. The number of aromatic amines is 1. The van der Waals surface area contributed by atoms with Gasteiger partial charge in [0.25, 0.3) is 0 Å². The number of ether oxygens (including phenoxy) is 1. The molecule has 5 aliphatic rings. The summed E-state index contributed by atoms with van der Waals surface area (Å²) in [7, 11) is 0. The minimum atomic E-state index is -0.983. The normalized spacial score (nSPS) is 28.5. The van der Waals surface area contributed by atoms with Crippen molar-refractivity contribution in [3.05, 3.63) is 88.6 Å². The lowest BCUT2D eigenvalue weighted by atomic mass is 9.49. The maximum atomic E-state index is 13.1. The molecule has 9 rings (SSSR count). The molecule has 2 fully saturated rings. The van der Waals surface area contributed by atoms with Crippen molar-refractivity contribution in [1.29, 1.82) is 0 Å². The van der Waals surface area contributed by atoms with Crippen LogP contribution in [0.4, 0.5) is 0 Å². The number of thioether (sulfide) groups is 1. The number of aromatic nitrogens is 1. The molecule has 1 spiro atoms. The zero-order valence-electron chi connectivity index (χ0n) is 23.3. The van der Waals surface area contributed by atoms with Gasteiger partial charge >= 0.3 is 0 Å². The van der Waals surface area contributed by atoms with Crippen LogP contribution in [0, 0.1) is 5.92 Å². The highest BCUT2D eigenvalue weighted by Crippen LogP contribution is 2.69. The van der Waals surface area contributed by atoms with Gasteiger partial charge in [-0.3, -0.25) is 10.3 Å². The fourth-order valence-corrected chi connectivity index (χ4v) is 9.49. The van der Waals surface area contributed by atoms with Gasteiger partial charge in [-0.15, -0.1) is 0 Å². The summed E-state index contributed by atoms with van der Waals surface area (Å²) in [6, 6.07) is 20.6. The van der Waals surface area contributed by atoms with E-state index in [1.807, 2.05) is 18.2 Å². The van der Waals surface area contributed by atoms with Gasteiger partial charge in [-0.25, -0.2) is 0 Å². The van der Waals surface area contributed by atoms with Gasteiger partial charge in [-0.1, -0.05) is 30.3 Å². The Labute approximate surface area is 259 Å². The quantitative estimate of drug-likeness (QED) is 0.148. The molecule has 2 aliphatic heterocycles. The molecule has 4 atom stereocenters. The SMILES string of the molecule is [Br-].[NH2+]=C(Cc1ccc2[nH]c3c(c2c1)C[C@@]1(O)[C@@H]2Cc4ccc(O)c5c4[C@@]1(CCN2CC1CC1)[C@H]3O5)Sc1ccccc1. The van der Waals surface area contributed by atoms with Crippen LogP contribution in [0.3, 0.4) is 0 Å². The summed E-state index contributed by atoms with van der Waals surface area (Å²) in [4.78, 5) is 7.44. The fourth-order valence-electron chi connectivity index (χ4n) is 8.66. The van der Waals surface area contributed by atoms with Gasteiger partial charge in [0.15, 0.2) is 17.6 Å². The Morgan fingerprint density at radius 3 is 2.76 bits per heavy atom. The van der Waals surface area contributed by atoms with E-state index in [0.717, 1.165) is 75.1 Å². The van der Waals surface area contributed by atoms with Crippen LogP contribution in [-0.4, -0.2) is 49.9 Å². The summed E-state index contributed by atoms with van der Waals surface area (Å²) in [5.41, 5.74) is 5.13. The van der Waals surface area contributed by atoms with Crippen LogP contribution >= 0.6 is 11.8 Å². The van der Waals surface area contributed by atoms with Crippen molar-refractivity contribution in [1.82, 2.24) is 9.88 Å². The number of aliphatic hydroxyl groups is 1. The Morgan fingerprint density at radius 1 is 1.12 bits per heavy atom. The van der Waals surface area contributed by atoms with E-state index in [-0.39, 0.29) is 34.9 Å². The third-order valence-corrected chi connectivity index (χ3v) is 11.5. The first-order valence-electron chi connectivity index (χ1n) is 14.9. The van der Waals surface area contributed by atoms with Crippen LogP contribution in [0.1, 0.15) is 53.3 Å². The zero-order valence-corrected chi connectivity index (χ0v) is 25.7. The number of hydrogen-bond donors (Lipinski definition) is 4. The minimum Gasteiger partial charge on any atom is -1.00 e. The molecule has 3 aliphatic carbocycles. The van der Waals surface area contributed by atoms with Crippen LogP contribution in [0.2, 0.25) is 0 Å². The Bertz CT molecular complexity index is 1750. The largest absolute Gasteiger partial charge is 1.00 e. The molecule has 5 N–H and O–H groups in total. The van der Waals surface area contributed by atoms with Crippen LogP contribution in [0.25, 0.3) is 10.9 Å². The van der Waals surface area contributed by atoms with Crippen molar-refractivity contribution in [3.63, 3.8) is 0 Å². The molecule has 1 saturated heterocycles. The molecule has 2 bridgehead atoms. The number of phenols is 1. The van der Waals surface area contributed by atoms with Crippen molar-refractivity contribution in [3.8, 4) is 11.5 Å². The first-order valence-corrected chi connectivity index (χ1v) is 15.7. The van der Waals surface area contributed by atoms with Gasteiger partial charge in [-0.2, -0.15) is 0 Å². The second-order valence-electron chi connectivity index (χ2n) is 12.9. The van der Waals surface area contributed by atoms with Gasteiger partial charge in [0.05, 0.1) is 23.1 Å². The van der Waals surface area contributed by atoms with Crippen molar-refractivity contribution >= 4 is 27.7 Å². The number of piperidine rings is 1. The van der Waals surface area contributed by atoms with E-state index in [0.29, 0.717) is 18.6 Å². The molecular weight excluding hydrogens is 610 g/mol. The maximum absolute atomic E-state index is 13.1. The smallest absolute Gasteiger partial charge is 0.216 e. The van der Waals surface area contributed by atoms with Crippen LogP contribution in [-0.2, 0) is 24.7 Å². The molecule has 42 heavy (non-hydrogen) atoms. The van der Waals surface area contributed by atoms with Crippen LogP contribution in [0.15, 0.2) is 65.6 Å². The molecule has 8 heteroatoms. The van der Waals surface area contributed by atoms with E-state index in [1.54, 1.807) is 17.8 Å². The number of hydrogen-bond acceptors (Lipinski definition) is 5. The molecule has 4 aromatic rings. The van der Waals surface area contributed by atoms with E-state index in [9.17, 15) is 10.2 Å². The van der Waals surface area contributed by atoms with E-state index < -0.39 is 11.0 Å². The van der Waals surface area contributed by atoms with Gasteiger partial charge in [0.2, 0.25) is 5.04 Å². The molecular formula is C34H34BrN3O3S. The second kappa shape index (κ2) is 9.36. The third kappa shape index (κ3) is 3.62. The Kier molecular flexibility index (Phi) is 5.98. The molecule has 0 unspecified atom stereocenters. The van der Waals surface area contributed by atoms with E-state index in [2.05, 4.69) is 46.3 Å². The molecule has 3 heterocycles. The number of phenolic OH excluding ortho intramolecular Hbond substituents is 1. The molecule has 216 valence electrons. The lowest BCUT2D eigenvalue weighted by Crippen LogP contribution is -3.00. The lowest BCUT2D eigenvalue weighted by Gasteiger charge is -2.62. The first kappa shape index (κ1) is 26.8. The molecule has 1 saturated carbocycles. The number of likely N-dealkylation sites (tertiary alicyclic amines) is 1. The number of nitrogens with one attached hydrogen (secondary N) is 1. The average Bonchev–Trinajstić information content (AvgIpc) is 3.61. The number of benzene rings is 3. The van der Waals surface area contributed by atoms with Gasteiger partial charge in [0, 0.05) is 40.4 Å². The first-order chi connectivity index (χ1) is 19.9. The van der Waals surface area contributed by atoms with Crippen molar-refractivity contribution < 1.29 is 37.3 Å². The van der Waals surface area contributed by atoms with Gasteiger partial charge in [0.1, 0.15) is 0 Å². The number of nitrogens with zero attached hydrogens (tertiary/aromatic N) is 1. The second-order valence-corrected chi connectivity index (χ2v) is 14.1. The van der Waals surface area contributed by atoms with Crippen LogP contribution < -0.4 is 27.1 Å². The predicted molar refractivity (Wildman–Crippen MR) is 159 cm³/mol. The third-order valence-electron chi connectivity index (χ3n) is 10.6. The average molecular weight is 645 g/mol. The highest BCUT2D eigenvalue weighted by Gasteiger charge is 2.72. The summed E-state index contributed by atoms with van der Waals surface area (Å²) in [5.74, 6) is 1.51.